The predicted octanol–water partition coefficient (Wildman–Crippen LogP) is 2.10. The van der Waals surface area contributed by atoms with Gasteiger partial charge in [0.1, 0.15) is 0 Å². The Kier molecular flexibility index (Phi) is 4.60. The Morgan fingerprint density at radius 2 is 2.33 bits per heavy atom. The first-order chi connectivity index (χ1) is 8.66. The second-order valence-corrected chi connectivity index (χ2v) is 5.50. The van der Waals surface area contributed by atoms with E-state index in [9.17, 15) is 4.79 Å². The summed E-state index contributed by atoms with van der Waals surface area (Å²) in [5.41, 5.74) is 6.70. The molecule has 1 atom stereocenters. The summed E-state index contributed by atoms with van der Waals surface area (Å²) in [4.78, 5) is 11.3. The summed E-state index contributed by atoms with van der Waals surface area (Å²) in [7, 11) is 0. The van der Waals surface area contributed by atoms with Crippen LogP contribution < -0.4 is 16.4 Å². The van der Waals surface area contributed by atoms with Crippen LogP contribution >= 0.6 is 15.9 Å². The Labute approximate surface area is 115 Å². The second-order valence-electron chi connectivity index (χ2n) is 4.58. The number of hydrogen-bond acceptors (Lipinski definition) is 3. The SMILES string of the molecule is NC(=O)c1ccc(Br)cc1NCC1CCCCN1. The quantitative estimate of drug-likeness (QED) is 0.797. The van der Waals surface area contributed by atoms with Gasteiger partial charge in [0.05, 0.1) is 5.56 Å². The molecular formula is C13H18BrN3O. The maximum absolute atomic E-state index is 11.3. The summed E-state index contributed by atoms with van der Waals surface area (Å²) in [6.07, 6.45) is 3.69. The lowest BCUT2D eigenvalue weighted by Crippen LogP contribution is -2.39. The summed E-state index contributed by atoms with van der Waals surface area (Å²) in [6, 6.07) is 5.93. The number of piperidine rings is 1. The van der Waals surface area contributed by atoms with E-state index in [1.807, 2.05) is 12.1 Å². The monoisotopic (exact) mass is 311 g/mol. The van der Waals surface area contributed by atoms with Gasteiger partial charge in [0, 0.05) is 22.7 Å². The second kappa shape index (κ2) is 6.20. The third kappa shape index (κ3) is 3.46. The maximum atomic E-state index is 11.3. The lowest BCUT2D eigenvalue weighted by molar-refractivity contribution is 0.100. The minimum absolute atomic E-state index is 0.401. The van der Waals surface area contributed by atoms with E-state index >= 15 is 0 Å². The predicted molar refractivity (Wildman–Crippen MR) is 76.8 cm³/mol. The third-order valence-electron chi connectivity index (χ3n) is 3.20. The van der Waals surface area contributed by atoms with Crippen molar-refractivity contribution in [1.29, 1.82) is 0 Å². The fraction of sp³-hybridized carbons (Fsp3) is 0.462. The first-order valence-corrected chi connectivity index (χ1v) is 7.03. The molecule has 1 aliphatic rings. The maximum Gasteiger partial charge on any atom is 0.250 e. The first kappa shape index (κ1) is 13.4. The first-order valence-electron chi connectivity index (χ1n) is 6.23. The molecule has 1 amide bonds. The Balaban J connectivity index is 2.03. The summed E-state index contributed by atoms with van der Waals surface area (Å²) < 4.78 is 0.937. The van der Waals surface area contributed by atoms with Gasteiger partial charge in [0.2, 0.25) is 0 Å². The normalized spacial score (nSPS) is 19.5. The number of nitrogens with two attached hydrogens (primary N) is 1. The zero-order chi connectivity index (χ0) is 13.0. The van der Waals surface area contributed by atoms with Crippen LogP contribution in [0.25, 0.3) is 0 Å². The van der Waals surface area contributed by atoms with Crippen molar-refractivity contribution >= 4 is 27.5 Å². The van der Waals surface area contributed by atoms with Gasteiger partial charge < -0.3 is 16.4 Å². The number of halogens is 1. The van der Waals surface area contributed by atoms with Crippen LogP contribution in [-0.4, -0.2) is 25.0 Å². The number of rotatable bonds is 4. The lowest BCUT2D eigenvalue weighted by atomic mass is 10.0. The molecular weight excluding hydrogens is 294 g/mol. The molecule has 4 nitrogen and oxygen atoms in total. The standard InChI is InChI=1S/C13H18BrN3O/c14-9-4-5-11(13(15)18)12(7-9)17-8-10-3-1-2-6-16-10/h4-5,7,10,16-17H,1-3,6,8H2,(H2,15,18). The fourth-order valence-electron chi connectivity index (χ4n) is 2.21. The Morgan fingerprint density at radius 3 is 3.00 bits per heavy atom. The van der Waals surface area contributed by atoms with Gasteiger partial charge in [-0.1, -0.05) is 22.4 Å². The van der Waals surface area contributed by atoms with Gasteiger partial charge in [-0.25, -0.2) is 0 Å². The van der Waals surface area contributed by atoms with Crippen molar-refractivity contribution in [2.24, 2.45) is 5.73 Å². The molecule has 5 heteroatoms. The minimum atomic E-state index is -0.401. The Hall–Kier alpha value is -1.07. The van der Waals surface area contributed by atoms with E-state index in [1.54, 1.807) is 6.07 Å². The highest BCUT2D eigenvalue weighted by molar-refractivity contribution is 9.10. The molecule has 0 aromatic heterocycles. The highest BCUT2D eigenvalue weighted by atomic mass is 79.9. The molecule has 1 unspecified atom stereocenters. The van der Waals surface area contributed by atoms with Crippen molar-refractivity contribution in [3.05, 3.63) is 28.2 Å². The van der Waals surface area contributed by atoms with Gasteiger partial charge in [-0.2, -0.15) is 0 Å². The number of benzene rings is 1. The Bertz CT molecular complexity index is 430. The molecule has 0 spiro atoms. The van der Waals surface area contributed by atoms with E-state index in [4.69, 9.17) is 5.73 Å². The topological polar surface area (TPSA) is 67.2 Å². The number of amides is 1. The zero-order valence-corrected chi connectivity index (χ0v) is 11.8. The lowest BCUT2D eigenvalue weighted by Gasteiger charge is -2.24. The Morgan fingerprint density at radius 1 is 1.50 bits per heavy atom. The van der Waals surface area contributed by atoms with E-state index in [2.05, 4.69) is 26.6 Å². The molecule has 0 radical (unpaired) electrons. The molecule has 2 rings (SSSR count). The van der Waals surface area contributed by atoms with Gasteiger partial charge in [-0.3, -0.25) is 4.79 Å². The number of carbonyl (C=O) groups excluding carboxylic acids is 1. The number of primary amides is 1. The van der Waals surface area contributed by atoms with Crippen LogP contribution in [0.5, 0.6) is 0 Å². The molecule has 4 N–H and O–H groups in total. The van der Waals surface area contributed by atoms with Crippen molar-refractivity contribution in [2.75, 3.05) is 18.4 Å². The summed E-state index contributed by atoms with van der Waals surface area (Å²) in [5, 5.41) is 6.77. The molecule has 1 saturated heterocycles. The van der Waals surface area contributed by atoms with Crippen molar-refractivity contribution in [3.8, 4) is 0 Å². The van der Waals surface area contributed by atoms with E-state index in [-0.39, 0.29) is 0 Å². The van der Waals surface area contributed by atoms with Crippen LogP contribution in [0.15, 0.2) is 22.7 Å². The third-order valence-corrected chi connectivity index (χ3v) is 3.69. The minimum Gasteiger partial charge on any atom is -0.383 e. The largest absolute Gasteiger partial charge is 0.383 e. The molecule has 1 heterocycles. The van der Waals surface area contributed by atoms with Gasteiger partial charge in [0.25, 0.3) is 5.91 Å². The molecule has 1 aromatic rings. The number of carbonyl (C=O) groups is 1. The molecule has 0 aliphatic carbocycles. The van der Waals surface area contributed by atoms with Crippen LogP contribution in [0, 0.1) is 0 Å². The van der Waals surface area contributed by atoms with E-state index < -0.39 is 5.91 Å². The molecule has 0 bridgehead atoms. The van der Waals surface area contributed by atoms with Crippen LogP contribution in [0.1, 0.15) is 29.6 Å². The number of anilines is 1. The van der Waals surface area contributed by atoms with Crippen LogP contribution in [-0.2, 0) is 0 Å². The average Bonchev–Trinajstić information content (AvgIpc) is 2.37. The van der Waals surface area contributed by atoms with E-state index in [1.165, 1.54) is 19.3 Å². The fourth-order valence-corrected chi connectivity index (χ4v) is 2.57. The van der Waals surface area contributed by atoms with Gasteiger partial charge in [0.15, 0.2) is 0 Å². The van der Waals surface area contributed by atoms with Crippen LogP contribution in [0.2, 0.25) is 0 Å². The van der Waals surface area contributed by atoms with Gasteiger partial charge in [-0.15, -0.1) is 0 Å². The summed E-state index contributed by atoms with van der Waals surface area (Å²) in [6.45, 7) is 1.89. The molecule has 18 heavy (non-hydrogen) atoms. The van der Waals surface area contributed by atoms with Crippen LogP contribution in [0.3, 0.4) is 0 Å². The smallest absolute Gasteiger partial charge is 0.250 e. The van der Waals surface area contributed by atoms with Gasteiger partial charge in [-0.05, 0) is 37.6 Å². The molecule has 1 aliphatic heterocycles. The molecule has 1 aromatic carbocycles. The van der Waals surface area contributed by atoms with Crippen molar-refractivity contribution in [1.82, 2.24) is 5.32 Å². The average molecular weight is 312 g/mol. The number of hydrogen-bond donors (Lipinski definition) is 3. The summed E-state index contributed by atoms with van der Waals surface area (Å²) >= 11 is 3.40. The molecule has 0 saturated carbocycles. The summed E-state index contributed by atoms with van der Waals surface area (Å²) in [5.74, 6) is -0.401. The van der Waals surface area contributed by atoms with Crippen LogP contribution in [0.4, 0.5) is 5.69 Å². The highest BCUT2D eigenvalue weighted by Crippen LogP contribution is 2.21. The van der Waals surface area contributed by atoms with E-state index in [0.717, 1.165) is 23.2 Å². The molecule has 1 fully saturated rings. The van der Waals surface area contributed by atoms with E-state index in [0.29, 0.717) is 11.6 Å². The highest BCUT2D eigenvalue weighted by Gasteiger charge is 2.14. The van der Waals surface area contributed by atoms with Crippen molar-refractivity contribution < 1.29 is 4.79 Å². The van der Waals surface area contributed by atoms with Gasteiger partial charge >= 0.3 is 0 Å². The van der Waals surface area contributed by atoms with Crippen molar-refractivity contribution in [3.63, 3.8) is 0 Å². The van der Waals surface area contributed by atoms with Crippen molar-refractivity contribution in [2.45, 2.75) is 25.3 Å². The number of nitrogens with one attached hydrogen (secondary N) is 2. The molecule has 98 valence electrons. The zero-order valence-electron chi connectivity index (χ0n) is 10.2.